The molecular weight excluding hydrogens is 312 g/mol. The van der Waals surface area contributed by atoms with Crippen LogP contribution < -0.4 is 5.32 Å². The molecule has 0 saturated heterocycles. The molecule has 2 aromatic carbocycles. The monoisotopic (exact) mass is 336 g/mol. The van der Waals surface area contributed by atoms with E-state index in [4.69, 9.17) is 4.74 Å². The van der Waals surface area contributed by atoms with Gasteiger partial charge in [0.15, 0.2) is 5.78 Å². The zero-order valence-corrected chi connectivity index (χ0v) is 14.7. The lowest BCUT2D eigenvalue weighted by molar-refractivity contribution is 0.0938. The molecule has 0 fully saturated rings. The van der Waals surface area contributed by atoms with E-state index in [2.05, 4.69) is 23.3 Å². The Morgan fingerprint density at radius 2 is 1.96 bits per heavy atom. The van der Waals surface area contributed by atoms with Gasteiger partial charge in [-0.1, -0.05) is 55.5 Å². The largest absolute Gasteiger partial charge is 0.383 e. The summed E-state index contributed by atoms with van der Waals surface area (Å²) in [6, 6.07) is 15.6. The lowest BCUT2D eigenvalue weighted by Crippen LogP contribution is -2.31. The van der Waals surface area contributed by atoms with E-state index in [0.717, 1.165) is 28.5 Å². The summed E-state index contributed by atoms with van der Waals surface area (Å²) in [7, 11) is 1.66. The Kier molecular flexibility index (Phi) is 5.64. The summed E-state index contributed by atoms with van der Waals surface area (Å²) in [5, 5.41) is 4.31. The Morgan fingerprint density at radius 1 is 1.16 bits per heavy atom. The Morgan fingerprint density at radius 3 is 2.68 bits per heavy atom. The van der Waals surface area contributed by atoms with Gasteiger partial charge in [0.05, 0.1) is 12.6 Å². The third-order valence-corrected chi connectivity index (χ3v) is 4.50. The molecule has 3 rings (SSSR count). The number of benzene rings is 2. The number of nitrogens with one attached hydrogen (secondary N) is 2. The van der Waals surface area contributed by atoms with E-state index in [9.17, 15) is 4.79 Å². The van der Waals surface area contributed by atoms with Gasteiger partial charge in [0.2, 0.25) is 0 Å². The highest BCUT2D eigenvalue weighted by Gasteiger charge is 2.24. The molecule has 0 amide bonds. The number of aromatic amines is 1. The number of fused-ring (bicyclic) bond motifs is 1. The first-order chi connectivity index (χ1) is 12.3. The van der Waals surface area contributed by atoms with Gasteiger partial charge in [-0.05, 0) is 17.5 Å². The van der Waals surface area contributed by atoms with Crippen LogP contribution >= 0.6 is 0 Å². The number of ketones is 1. The maximum Gasteiger partial charge on any atom is 0.186 e. The molecule has 0 aliphatic rings. The first-order valence-electron chi connectivity index (χ1n) is 8.66. The van der Waals surface area contributed by atoms with E-state index in [-0.39, 0.29) is 11.8 Å². The van der Waals surface area contributed by atoms with Crippen molar-refractivity contribution in [3.05, 3.63) is 71.4 Å². The molecule has 1 heterocycles. The van der Waals surface area contributed by atoms with Crippen molar-refractivity contribution in [2.75, 3.05) is 20.3 Å². The highest BCUT2D eigenvalue weighted by Crippen LogP contribution is 2.26. The van der Waals surface area contributed by atoms with E-state index in [1.165, 1.54) is 5.56 Å². The normalized spacial score (nSPS) is 12.4. The molecule has 2 N–H and O–H groups in total. The van der Waals surface area contributed by atoms with Crippen molar-refractivity contribution in [1.82, 2.24) is 10.3 Å². The molecule has 0 spiro atoms. The lowest BCUT2D eigenvalue weighted by atomic mass is 9.96. The number of carbonyl (C=O) groups excluding carboxylic acids is 1. The van der Waals surface area contributed by atoms with Crippen molar-refractivity contribution < 1.29 is 9.53 Å². The number of rotatable bonds is 8. The van der Waals surface area contributed by atoms with Crippen LogP contribution in [0.4, 0.5) is 0 Å². The van der Waals surface area contributed by atoms with Crippen LogP contribution in [-0.2, 0) is 11.2 Å². The molecule has 130 valence electrons. The van der Waals surface area contributed by atoms with Crippen LogP contribution in [0.15, 0.2) is 54.7 Å². The Balaban J connectivity index is 1.97. The fourth-order valence-electron chi connectivity index (χ4n) is 3.18. The molecule has 0 radical (unpaired) electrons. The minimum Gasteiger partial charge on any atom is -0.383 e. The summed E-state index contributed by atoms with van der Waals surface area (Å²) < 4.78 is 5.12. The molecule has 0 aliphatic carbocycles. The summed E-state index contributed by atoms with van der Waals surface area (Å²) >= 11 is 0. The molecule has 4 nitrogen and oxygen atoms in total. The first kappa shape index (κ1) is 17.4. The zero-order chi connectivity index (χ0) is 17.6. The van der Waals surface area contributed by atoms with Crippen molar-refractivity contribution in [1.29, 1.82) is 0 Å². The number of hydrogen-bond acceptors (Lipinski definition) is 3. The van der Waals surface area contributed by atoms with E-state index in [1.807, 2.05) is 48.7 Å². The van der Waals surface area contributed by atoms with Crippen LogP contribution in [0.5, 0.6) is 0 Å². The molecule has 0 unspecified atom stereocenters. The summed E-state index contributed by atoms with van der Waals surface area (Å²) in [6.45, 7) is 3.30. The molecular formula is C21H24N2O2. The molecule has 0 aliphatic heterocycles. The summed E-state index contributed by atoms with van der Waals surface area (Å²) in [5.74, 6) is 0.0711. The molecule has 4 heteroatoms. The second kappa shape index (κ2) is 8.10. The number of H-pyrrole nitrogens is 1. The smallest absolute Gasteiger partial charge is 0.186 e. The van der Waals surface area contributed by atoms with Crippen molar-refractivity contribution >= 4 is 16.7 Å². The third kappa shape index (κ3) is 3.65. The average molecular weight is 336 g/mol. The van der Waals surface area contributed by atoms with Crippen molar-refractivity contribution in [2.45, 2.75) is 19.4 Å². The topological polar surface area (TPSA) is 54.1 Å². The minimum absolute atomic E-state index is 0.0711. The number of aryl methyl sites for hydroxylation is 1. The Labute approximate surface area is 148 Å². The van der Waals surface area contributed by atoms with Crippen molar-refractivity contribution in [2.24, 2.45) is 0 Å². The van der Waals surface area contributed by atoms with Gasteiger partial charge in [-0.2, -0.15) is 0 Å². The fraction of sp³-hybridized carbons (Fsp3) is 0.286. The van der Waals surface area contributed by atoms with Crippen LogP contribution in [0.2, 0.25) is 0 Å². The van der Waals surface area contributed by atoms with Gasteiger partial charge in [0.1, 0.15) is 0 Å². The number of ether oxygens (including phenoxy) is 1. The Hall–Kier alpha value is -2.43. The van der Waals surface area contributed by atoms with E-state index in [0.29, 0.717) is 13.2 Å². The number of methoxy groups -OCH3 is 1. The maximum atomic E-state index is 13.3. The summed E-state index contributed by atoms with van der Waals surface area (Å²) in [5.41, 5.74) is 3.96. The Bertz CT molecular complexity index is 839. The fourth-order valence-corrected chi connectivity index (χ4v) is 3.18. The van der Waals surface area contributed by atoms with Crippen LogP contribution in [0.1, 0.15) is 34.5 Å². The number of para-hydroxylation sites is 1. The van der Waals surface area contributed by atoms with Gasteiger partial charge in [-0.3, -0.25) is 4.79 Å². The van der Waals surface area contributed by atoms with Gasteiger partial charge < -0.3 is 15.0 Å². The number of aromatic nitrogens is 1. The second-order valence-electron chi connectivity index (χ2n) is 6.05. The molecule has 3 aromatic rings. The average Bonchev–Trinajstić information content (AvgIpc) is 3.09. The van der Waals surface area contributed by atoms with Gasteiger partial charge in [-0.25, -0.2) is 0 Å². The summed E-state index contributed by atoms with van der Waals surface area (Å²) in [6.07, 6.45) is 2.76. The number of carbonyl (C=O) groups is 1. The van der Waals surface area contributed by atoms with E-state index in [1.54, 1.807) is 7.11 Å². The van der Waals surface area contributed by atoms with Crippen molar-refractivity contribution in [3.8, 4) is 0 Å². The van der Waals surface area contributed by atoms with Crippen LogP contribution in [0.25, 0.3) is 10.9 Å². The highest BCUT2D eigenvalue weighted by atomic mass is 16.5. The van der Waals surface area contributed by atoms with Gasteiger partial charge >= 0.3 is 0 Å². The van der Waals surface area contributed by atoms with Gasteiger partial charge in [0, 0.05) is 36.3 Å². The summed E-state index contributed by atoms with van der Waals surface area (Å²) in [4.78, 5) is 16.6. The SMILES string of the molecule is CCc1cccc2c(C(=O)[C@@H](NCCOC)c3ccccc3)c[nH]c12. The quantitative estimate of drug-likeness (QED) is 0.485. The van der Waals surface area contributed by atoms with E-state index >= 15 is 0 Å². The van der Waals surface area contributed by atoms with E-state index < -0.39 is 0 Å². The standard InChI is InChI=1S/C21H24N2O2/c1-3-15-10-7-11-17-18(14-23-19(15)17)21(24)20(22-12-13-25-2)16-8-5-4-6-9-16/h4-11,14,20,22-23H,3,12-13H2,1-2H3/t20-/m0/s1. The predicted octanol–water partition coefficient (Wildman–Crippen LogP) is 3.89. The number of Topliss-reactive ketones (excluding diaryl/α,β-unsaturated/α-hetero) is 1. The van der Waals surface area contributed by atoms with Crippen molar-refractivity contribution in [3.63, 3.8) is 0 Å². The lowest BCUT2D eigenvalue weighted by Gasteiger charge is -2.18. The maximum absolute atomic E-state index is 13.3. The highest BCUT2D eigenvalue weighted by molar-refractivity contribution is 6.11. The minimum atomic E-state index is -0.388. The zero-order valence-electron chi connectivity index (χ0n) is 14.7. The predicted molar refractivity (Wildman–Crippen MR) is 101 cm³/mol. The molecule has 1 atom stereocenters. The van der Waals surface area contributed by atoms with Crippen LogP contribution in [0.3, 0.4) is 0 Å². The molecule has 0 bridgehead atoms. The second-order valence-corrected chi connectivity index (χ2v) is 6.05. The first-order valence-corrected chi connectivity index (χ1v) is 8.66. The number of hydrogen-bond donors (Lipinski definition) is 2. The molecule has 25 heavy (non-hydrogen) atoms. The molecule has 1 aromatic heterocycles. The van der Waals surface area contributed by atoms with Crippen LogP contribution in [-0.4, -0.2) is 31.0 Å². The molecule has 0 saturated carbocycles. The van der Waals surface area contributed by atoms with Crippen LogP contribution in [0, 0.1) is 0 Å². The third-order valence-electron chi connectivity index (χ3n) is 4.50. The van der Waals surface area contributed by atoms with Gasteiger partial charge in [-0.15, -0.1) is 0 Å². The van der Waals surface area contributed by atoms with Gasteiger partial charge in [0.25, 0.3) is 0 Å².